The summed E-state index contributed by atoms with van der Waals surface area (Å²) in [5.41, 5.74) is 15.5. The van der Waals surface area contributed by atoms with Crippen LogP contribution in [0.3, 0.4) is 0 Å². The van der Waals surface area contributed by atoms with Gasteiger partial charge in [0.25, 0.3) is 0 Å². The fourth-order valence-corrected chi connectivity index (χ4v) is 9.86. The standard InChI is InChI=1S/C58H36N4/c1-2-15-42(16-3-1)61-53-23-10-8-19-46(53)50-34-39(27-31-55(50)61)40-28-32-56-51(35-40)47-20-9-11-24-54(47)62(56)43-29-25-37(26-30-43)38-13-12-14-41(33-38)52-36-59-57-48-21-6-4-17-44(48)45-18-5-7-22-49(45)58(57)60-52/h1-36H. The lowest BCUT2D eigenvalue weighted by atomic mass is 9.99. The summed E-state index contributed by atoms with van der Waals surface area (Å²) in [5.74, 6) is 0. The molecule has 0 amide bonds. The first-order chi connectivity index (χ1) is 30.7. The fraction of sp³-hybridized carbons (Fsp3) is 0. The number of rotatable bonds is 5. The minimum Gasteiger partial charge on any atom is -0.309 e. The van der Waals surface area contributed by atoms with Crippen LogP contribution in [0.2, 0.25) is 0 Å². The first kappa shape index (κ1) is 34.5. The van der Waals surface area contributed by atoms with Crippen LogP contribution in [-0.2, 0) is 0 Å². The predicted molar refractivity (Wildman–Crippen MR) is 260 cm³/mol. The Kier molecular flexibility index (Phi) is 7.57. The van der Waals surface area contributed by atoms with Gasteiger partial charge in [-0.15, -0.1) is 0 Å². The molecule has 3 aromatic heterocycles. The molecule has 10 aromatic carbocycles. The van der Waals surface area contributed by atoms with Gasteiger partial charge in [0.2, 0.25) is 0 Å². The lowest BCUT2D eigenvalue weighted by Crippen LogP contribution is -1.94. The van der Waals surface area contributed by atoms with E-state index in [0.29, 0.717) is 0 Å². The molecule has 13 aromatic rings. The Morgan fingerprint density at radius 3 is 1.34 bits per heavy atom. The minimum atomic E-state index is 0.861. The Labute approximate surface area is 357 Å². The van der Waals surface area contributed by atoms with Gasteiger partial charge in [0, 0.05) is 49.3 Å². The third-order valence-corrected chi connectivity index (χ3v) is 12.7. The Morgan fingerprint density at radius 2 is 0.726 bits per heavy atom. The van der Waals surface area contributed by atoms with Gasteiger partial charge in [-0.2, -0.15) is 0 Å². The number of hydrogen-bond acceptors (Lipinski definition) is 2. The minimum absolute atomic E-state index is 0.861. The molecule has 0 radical (unpaired) electrons. The lowest BCUT2D eigenvalue weighted by Gasteiger charge is -2.12. The number of fused-ring (bicyclic) bond motifs is 12. The topological polar surface area (TPSA) is 35.6 Å². The quantitative estimate of drug-likeness (QED) is 0.163. The largest absolute Gasteiger partial charge is 0.309 e. The van der Waals surface area contributed by atoms with Gasteiger partial charge in [-0.1, -0.05) is 146 Å². The van der Waals surface area contributed by atoms with Crippen LogP contribution >= 0.6 is 0 Å². The van der Waals surface area contributed by atoms with Gasteiger partial charge in [0.15, 0.2) is 0 Å². The molecule has 288 valence electrons. The zero-order valence-electron chi connectivity index (χ0n) is 33.6. The molecule has 0 unspecified atom stereocenters. The van der Waals surface area contributed by atoms with Crippen molar-refractivity contribution in [2.75, 3.05) is 0 Å². The molecular formula is C58H36N4. The number of nitrogens with zero attached hydrogens (tertiary/aromatic N) is 4. The van der Waals surface area contributed by atoms with Gasteiger partial charge in [-0.05, 0) is 99.8 Å². The highest BCUT2D eigenvalue weighted by atomic mass is 15.0. The Bertz CT molecular complexity index is 3880. The highest BCUT2D eigenvalue weighted by Crippen LogP contribution is 2.39. The van der Waals surface area contributed by atoms with Gasteiger partial charge in [-0.3, -0.25) is 4.98 Å². The van der Waals surface area contributed by atoms with E-state index in [2.05, 4.69) is 221 Å². The number of aromatic nitrogens is 4. The molecule has 62 heavy (non-hydrogen) atoms. The first-order valence-corrected chi connectivity index (χ1v) is 21.1. The molecular weight excluding hydrogens is 753 g/mol. The molecule has 4 nitrogen and oxygen atoms in total. The molecule has 4 heteroatoms. The molecule has 0 aliphatic carbocycles. The van der Waals surface area contributed by atoms with E-state index < -0.39 is 0 Å². The van der Waals surface area contributed by atoms with Gasteiger partial charge in [-0.25, -0.2) is 4.98 Å². The van der Waals surface area contributed by atoms with Crippen LogP contribution in [0, 0.1) is 0 Å². The van der Waals surface area contributed by atoms with Crippen molar-refractivity contribution in [3.63, 3.8) is 0 Å². The summed E-state index contributed by atoms with van der Waals surface area (Å²) in [6.07, 6.45) is 1.92. The van der Waals surface area contributed by atoms with Crippen molar-refractivity contribution in [1.29, 1.82) is 0 Å². The predicted octanol–water partition coefficient (Wildman–Crippen LogP) is 15.1. The molecule has 0 bridgehead atoms. The van der Waals surface area contributed by atoms with E-state index in [1.54, 1.807) is 0 Å². The van der Waals surface area contributed by atoms with E-state index >= 15 is 0 Å². The van der Waals surface area contributed by atoms with Crippen LogP contribution < -0.4 is 0 Å². The maximum Gasteiger partial charge on any atom is 0.0979 e. The van der Waals surface area contributed by atoms with Gasteiger partial charge >= 0.3 is 0 Å². The highest BCUT2D eigenvalue weighted by Gasteiger charge is 2.17. The smallest absolute Gasteiger partial charge is 0.0979 e. The summed E-state index contributed by atoms with van der Waals surface area (Å²) in [7, 11) is 0. The zero-order valence-corrected chi connectivity index (χ0v) is 33.6. The van der Waals surface area contributed by atoms with E-state index in [-0.39, 0.29) is 0 Å². The molecule has 0 aliphatic rings. The maximum atomic E-state index is 5.26. The lowest BCUT2D eigenvalue weighted by molar-refractivity contribution is 1.18. The third kappa shape index (κ3) is 5.27. The van der Waals surface area contributed by atoms with Crippen LogP contribution in [0.1, 0.15) is 0 Å². The average molecular weight is 789 g/mol. The number of hydrogen-bond donors (Lipinski definition) is 0. The molecule has 0 spiro atoms. The van der Waals surface area contributed by atoms with Crippen LogP contribution in [0.15, 0.2) is 219 Å². The summed E-state index contributed by atoms with van der Waals surface area (Å²) >= 11 is 0. The van der Waals surface area contributed by atoms with Gasteiger partial charge in [0.1, 0.15) is 0 Å². The van der Waals surface area contributed by atoms with Gasteiger partial charge < -0.3 is 9.13 Å². The zero-order chi connectivity index (χ0) is 40.7. The van der Waals surface area contributed by atoms with Gasteiger partial charge in [0.05, 0.1) is 45.0 Å². The second kappa shape index (κ2) is 13.6. The Balaban J connectivity index is 0.871. The molecule has 3 heterocycles. The van der Waals surface area contributed by atoms with Crippen LogP contribution in [0.5, 0.6) is 0 Å². The second-order valence-corrected chi connectivity index (χ2v) is 16.2. The second-order valence-electron chi connectivity index (χ2n) is 16.2. The first-order valence-electron chi connectivity index (χ1n) is 21.1. The van der Waals surface area contributed by atoms with Crippen LogP contribution in [0.25, 0.3) is 121 Å². The average Bonchev–Trinajstić information content (AvgIpc) is 3.86. The van der Waals surface area contributed by atoms with E-state index in [4.69, 9.17) is 9.97 Å². The molecule has 0 aliphatic heterocycles. The van der Waals surface area contributed by atoms with E-state index in [1.807, 2.05) is 6.20 Å². The van der Waals surface area contributed by atoms with Crippen molar-refractivity contribution in [3.05, 3.63) is 219 Å². The number of para-hydroxylation sites is 3. The van der Waals surface area contributed by atoms with Crippen molar-refractivity contribution < 1.29 is 0 Å². The summed E-state index contributed by atoms with van der Waals surface area (Å²) in [4.78, 5) is 10.3. The molecule has 0 saturated carbocycles. The van der Waals surface area contributed by atoms with Crippen molar-refractivity contribution in [2.45, 2.75) is 0 Å². The summed E-state index contributed by atoms with van der Waals surface area (Å²) in [6, 6.07) is 76.6. The monoisotopic (exact) mass is 788 g/mol. The SMILES string of the molecule is c1ccc(-n2c3ccccc3c3cc(-c4ccc5c(c4)c4ccccc4n5-c4ccc(-c5cccc(-c6cnc7c8ccccc8c8ccccc8c7n6)c5)cc4)ccc32)cc1. The van der Waals surface area contributed by atoms with Crippen LogP contribution in [0.4, 0.5) is 0 Å². The molecule has 0 saturated heterocycles. The van der Waals surface area contributed by atoms with Crippen molar-refractivity contribution in [2.24, 2.45) is 0 Å². The summed E-state index contributed by atoms with van der Waals surface area (Å²) in [5, 5.41) is 9.62. The summed E-state index contributed by atoms with van der Waals surface area (Å²) < 4.78 is 4.76. The van der Waals surface area contributed by atoms with Crippen molar-refractivity contribution >= 4 is 76.2 Å². The Morgan fingerprint density at radius 1 is 0.274 bits per heavy atom. The van der Waals surface area contributed by atoms with Crippen LogP contribution in [-0.4, -0.2) is 19.1 Å². The third-order valence-electron chi connectivity index (χ3n) is 12.7. The fourth-order valence-electron chi connectivity index (χ4n) is 9.86. The van der Waals surface area contributed by atoms with E-state index in [1.165, 1.54) is 71.2 Å². The maximum absolute atomic E-state index is 5.26. The summed E-state index contributed by atoms with van der Waals surface area (Å²) in [6.45, 7) is 0. The number of benzene rings is 10. The molecule has 0 atom stereocenters. The highest BCUT2D eigenvalue weighted by molar-refractivity contribution is 6.23. The van der Waals surface area contributed by atoms with Crippen molar-refractivity contribution in [1.82, 2.24) is 19.1 Å². The van der Waals surface area contributed by atoms with E-state index in [9.17, 15) is 0 Å². The molecule has 13 rings (SSSR count). The molecule has 0 N–H and O–H groups in total. The normalized spacial score (nSPS) is 11.9. The van der Waals surface area contributed by atoms with E-state index in [0.717, 1.165) is 49.9 Å². The molecule has 0 fully saturated rings. The van der Waals surface area contributed by atoms with Crippen molar-refractivity contribution in [3.8, 4) is 44.9 Å². The Hall–Kier alpha value is -8.34.